The lowest BCUT2D eigenvalue weighted by molar-refractivity contribution is -0.171. The Balaban J connectivity index is 1.79. The van der Waals surface area contributed by atoms with Crippen LogP contribution in [0, 0.1) is 19.8 Å². The molecule has 4 amide bonds. The van der Waals surface area contributed by atoms with E-state index in [4.69, 9.17) is 32.6 Å². The maximum absolute atomic E-state index is 13.7. The lowest BCUT2D eigenvalue weighted by Crippen LogP contribution is -2.49. The van der Waals surface area contributed by atoms with Crippen molar-refractivity contribution >= 4 is 55.5 Å². The molecule has 0 radical (unpaired) electrons. The Bertz CT molecular complexity index is 2080. The highest BCUT2D eigenvalue weighted by atomic mass is 16.7. The van der Waals surface area contributed by atoms with Gasteiger partial charge in [-0.25, -0.2) is 9.59 Å². The normalized spacial score (nSPS) is 12.1. The van der Waals surface area contributed by atoms with Gasteiger partial charge in [0.25, 0.3) is 11.8 Å². The zero-order chi connectivity index (χ0) is 48.6. The van der Waals surface area contributed by atoms with E-state index < -0.39 is 72.6 Å². The fourth-order valence-electron chi connectivity index (χ4n) is 6.60. The van der Waals surface area contributed by atoms with Crippen molar-refractivity contribution in [2.45, 2.75) is 125 Å². The van der Waals surface area contributed by atoms with Crippen LogP contribution in [0.15, 0.2) is 39.3 Å². The van der Waals surface area contributed by atoms with E-state index in [9.17, 15) is 38.4 Å². The fourth-order valence-corrected chi connectivity index (χ4v) is 6.60. The van der Waals surface area contributed by atoms with Crippen molar-refractivity contribution in [2.75, 3.05) is 26.5 Å². The summed E-state index contributed by atoms with van der Waals surface area (Å²) in [5.41, 5.74) is 0.566. The first-order chi connectivity index (χ1) is 31.7. The molecule has 66 heavy (non-hydrogen) atoms. The molecule has 3 atom stereocenters. The van der Waals surface area contributed by atoms with Crippen molar-refractivity contribution in [3.63, 3.8) is 0 Å². The summed E-state index contributed by atoms with van der Waals surface area (Å²) >= 11 is 0. The number of nitrogens with one attached hydrogen (secondary N) is 3. The number of hydroxylamine groups is 2. The van der Waals surface area contributed by atoms with E-state index in [1.165, 1.54) is 37.3 Å². The van der Waals surface area contributed by atoms with Crippen LogP contribution in [0.5, 0.6) is 5.75 Å². The van der Waals surface area contributed by atoms with Gasteiger partial charge in [-0.3, -0.25) is 28.8 Å². The molecule has 0 bridgehead atoms. The summed E-state index contributed by atoms with van der Waals surface area (Å²) in [5, 5.41) is 12.4. The highest BCUT2D eigenvalue weighted by molar-refractivity contribution is 6.28. The van der Waals surface area contributed by atoms with E-state index in [0.29, 0.717) is 37.7 Å². The van der Waals surface area contributed by atoms with Gasteiger partial charge >= 0.3 is 31.4 Å². The Morgan fingerprint density at radius 1 is 0.864 bits per heavy atom. The first-order valence-electron chi connectivity index (χ1n) is 22.3. The van der Waals surface area contributed by atoms with Gasteiger partial charge in [0, 0.05) is 5.56 Å². The van der Waals surface area contributed by atoms with Gasteiger partial charge in [0.05, 0.1) is 49.5 Å². The van der Waals surface area contributed by atoms with Gasteiger partial charge in [0.15, 0.2) is 12.4 Å². The van der Waals surface area contributed by atoms with Crippen LogP contribution in [0.4, 0.5) is 0 Å². The van der Waals surface area contributed by atoms with E-state index in [2.05, 4.69) is 21.1 Å². The number of unbranched alkanes of at least 4 members (excludes halogenated alkanes) is 4. The summed E-state index contributed by atoms with van der Waals surface area (Å²) in [6.45, 7) is 11.7. The lowest BCUT2D eigenvalue weighted by Gasteiger charge is -2.31. The van der Waals surface area contributed by atoms with Crippen molar-refractivity contribution in [1.29, 1.82) is 0 Å². The molecule has 0 aliphatic rings. The molecule has 360 valence electrons. The van der Waals surface area contributed by atoms with Crippen LogP contribution in [0.2, 0.25) is 6.82 Å². The Hall–Kier alpha value is -6.67. The zero-order valence-electron chi connectivity index (χ0n) is 38.8. The van der Waals surface area contributed by atoms with Crippen LogP contribution >= 0.6 is 0 Å². The summed E-state index contributed by atoms with van der Waals surface area (Å²) in [7, 11) is -0.0102. The molecule has 3 N–H and O–H groups in total. The number of amides is 4. The third-order valence-corrected chi connectivity index (χ3v) is 10.2. The standard InChI is InChI=1S/C45H62BN5O15/c1-8-12-15-16-31(34(11-4)51(27-52)66-45(59)40-28(5)50-65-29(40)6)41(55)47-26-48-43(57)36-20-19-35(63-36)30-17-18-32(37(23-30)62-25-39(54)61-22-14-10-3)42(56)49-33(44(58)64-46-7)24-38(53)60-21-13-9-2/h17-20,23,27,31,33-34,46H,8-16,21-22,24-26H2,1-7H3,(H,47,55)(H,48,57)(H,49,56)/t31-,33+,34-/m1/s1. The average Bonchev–Trinajstić information content (AvgIpc) is 3.93. The minimum atomic E-state index is -1.40. The monoisotopic (exact) mass is 923 g/mol. The molecular weight excluding hydrogens is 861 g/mol. The molecule has 21 heteroatoms. The number of aromatic nitrogens is 1. The molecule has 0 spiro atoms. The van der Waals surface area contributed by atoms with Gasteiger partial charge in [-0.15, -0.1) is 0 Å². The Kier molecular flexibility index (Phi) is 23.0. The lowest BCUT2D eigenvalue weighted by atomic mass is 9.90. The van der Waals surface area contributed by atoms with Crippen molar-refractivity contribution in [3.05, 3.63) is 58.7 Å². The average molecular weight is 924 g/mol. The van der Waals surface area contributed by atoms with Gasteiger partial charge in [0.2, 0.25) is 12.3 Å². The zero-order valence-corrected chi connectivity index (χ0v) is 38.8. The van der Waals surface area contributed by atoms with E-state index in [1.54, 1.807) is 20.7 Å². The number of hydrogen-bond donors (Lipinski definition) is 3. The third kappa shape index (κ3) is 16.4. The van der Waals surface area contributed by atoms with E-state index in [1.807, 2.05) is 20.8 Å². The van der Waals surface area contributed by atoms with E-state index >= 15 is 0 Å². The second-order valence-electron chi connectivity index (χ2n) is 15.1. The smallest absolute Gasteiger partial charge is 0.368 e. The number of aryl methyl sites for hydroxylation is 2. The topological polar surface area (TPSA) is 261 Å². The summed E-state index contributed by atoms with van der Waals surface area (Å²) in [4.78, 5) is 109. The molecule has 0 fully saturated rings. The van der Waals surface area contributed by atoms with Gasteiger partial charge in [0.1, 0.15) is 28.9 Å². The Morgan fingerprint density at radius 3 is 2.18 bits per heavy atom. The SMILES string of the molecule is CBOC(=O)[C@H](CC(=O)OCCCC)NC(=O)c1ccc(-c2ccc(C(=O)NCNC(=O)[C@H](CCCCC)[C@@H](CC)N(C=O)OC(=O)c3c(C)noc3C)o2)cc1OCC(=O)OCCCC. The number of hydrogen-bond acceptors (Lipinski definition) is 16. The number of benzene rings is 1. The predicted octanol–water partition coefficient (Wildman–Crippen LogP) is 5.06. The maximum Gasteiger partial charge on any atom is 0.368 e. The molecule has 1 aromatic carbocycles. The van der Waals surface area contributed by atoms with Gasteiger partial charge in [-0.2, -0.15) is 5.06 Å². The van der Waals surface area contributed by atoms with Crippen LogP contribution in [0.25, 0.3) is 11.3 Å². The minimum absolute atomic E-state index is 0.0102. The molecule has 2 aromatic heterocycles. The molecule has 0 saturated heterocycles. The quantitative estimate of drug-likeness (QED) is 0.0150. The molecule has 0 aliphatic heterocycles. The number of nitrogens with zero attached hydrogens (tertiary/aromatic N) is 2. The molecule has 3 rings (SSSR count). The second kappa shape index (κ2) is 28.3. The van der Waals surface area contributed by atoms with Crippen LogP contribution in [-0.2, 0) is 42.9 Å². The van der Waals surface area contributed by atoms with Crippen molar-refractivity contribution < 1.29 is 71.0 Å². The van der Waals surface area contributed by atoms with Crippen LogP contribution in [0.3, 0.4) is 0 Å². The van der Waals surface area contributed by atoms with Gasteiger partial charge in [-0.1, -0.05) is 77.8 Å². The third-order valence-electron chi connectivity index (χ3n) is 10.2. The number of carbonyl (C=O) groups is 8. The van der Waals surface area contributed by atoms with Crippen LogP contribution in [0.1, 0.15) is 135 Å². The molecule has 0 saturated carbocycles. The predicted molar refractivity (Wildman–Crippen MR) is 238 cm³/mol. The summed E-state index contributed by atoms with van der Waals surface area (Å²) in [6.07, 6.45) is 5.60. The summed E-state index contributed by atoms with van der Waals surface area (Å²) in [6, 6.07) is 4.86. The maximum atomic E-state index is 13.7. The minimum Gasteiger partial charge on any atom is -0.539 e. The number of furan rings is 1. The van der Waals surface area contributed by atoms with Crippen molar-refractivity contribution in [3.8, 4) is 17.1 Å². The second-order valence-corrected chi connectivity index (χ2v) is 15.1. The summed E-state index contributed by atoms with van der Waals surface area (Å²) in [5.74, 6) is -5.84. The largest absolute Gasteiger partial charge is 0.539 e. The number of esters is 2. The molecule has 3 aromatic rings. The number of ether oxygens (including phenoxy) is 3. The summed E-state index contributed by atoms with van der Waals surface area (Å²) < 4.78 is 32.1. The van der Waals surface area contributed by atoms with Gasteiger partial charge in [-0.05, 0) is 63.8 Å². The Morgan fingerprint density at radius 2 is 1.56 bits per heavy atom. The highest BCUT2D eigenvalue weighted by Crippen LogP contribution is 2.30. The van der Waals surface area contributed by atoms with E-state index in [-0.39, 0.29) is 73.6 Å². The molecule has 0 aliphatic carbocycles. The first-order valence-corrected chi connectivity index (χ1v) is 22.3. The van der Waals surface area contributed by atoms with Crippen molar-refractivity contribution in [2.24, 2.45) is 5.92 Å². The highest BCUT2D eigenvalue weighted by Gasteiger charge is 2.35. The van der Waals surface area contributed by atoms with E-state index in [0.717, 1.165) is 30.7 Å². The fraction of sp³-hybridized carbons (Fsp3) is 0.533. The first kappa shape index (κ1) is 53.7. The van der Waals surface area contributed by atoms with Crippen LogP contribution in [-0.4, -0.2) is 104 Å². The van der Waals surface area contributed by atoms with Gasteiger partial charge < -0.3 is 48.6 Å². The number of rotatable bonds is 30. The molecular formula is C45H62BN5O15. The molecule has 0 unspecified atom stereocenters. The molecule has 2 heterocycles. The Labute approximate surface area is 384 Å². The van der Waals surface area contributed by atoms with Crippen LogP contribution < -0.4 is 20.7 Å². The van der Waals surface area contributed by atoms with Crippen molar-refractivity contribution in [1.82, 2.24) is 26.2 Å². The molecule has 20 nitrogen and oxygen atoms in total. The number of carbonyl (C=O) groups excluding carboxylic acids is 8.